The number of hydrogen-bond donors (Lipinski definition) is 0. The Morgan fingerprint density at radius 2 is 2.20 bits per heavy atom. The van der Waals surface area contributed by atoms with Gasteiger partial charge in [-0.1, -0.05) is 11.8 Å². The van der Waals surface area contributed by atoms with E-state index in [1.807, 2.05) is 42.8 Å². The first-order valence-electron chi connectivity index (χ1n) is 7.70. The Labute approximate surface area is 148 Å². The first kappa shape index (κ1) is 15.9. The Morgan fingerprint density at radius 3 is 3.00 bits per heavy atom. The summed E-state index contributed by atoms with van der Waals surface area (Å²) < 4.78 is 7.28. The summed E-state index contributed by atoms with van der Waals surface area (Å²) in [6.07, 6.45) is 5.01. The van der Waals surface area contributed by atoms with Gasteiger partial charge >= 0.3 is 0 Å². The third kappa shape index (κ3) is 3.28. The lowest BCUT2D eigenvalue weighted by Crippen LogP contribution is -2.20. The van der Waals surface area contributed by atoms with E-state index >= 15 is 0 Å². The van der Waals surface area contributed by atoms with Crippen LogP contribution >= 0.6 is 11.8 Å². The smallest absolute Gasteiger partial charge is 0.200 e. The average molecular weight is 356 g/mol. The molecule has 8 nitrogen and oxygen atoms in total. The van der Waals surface area contributed by atoms with E-state index in [-0.39, 0.29) is 6.10 Å². The second-order valence-electron chi connectivity index (χ2n) is 5.49. The number of anilines is 1. The lowest BCUT2D eigenvalue weighted by Gasteiger charge is -2.15. The van der Waals surface area contributed by atoms with Crippen LogP contribution in [-0.4, -0.2) is 37.8 Å². The predicted octanol–water partition coefficient (Wildman–Crippen LogP) is 2.68. The van der Waals surface area contributed by atoms with Gasteiger partial charge in [-0.3, -0.25) is 4.98 Å². The van der Waals surface area contributed by atoms with E-state index < -0.39 is 0 Å². The summed E-state index contributed by atoms with van der Waals surface area (Å²) in [4.78, 5) is 10.0. The van der Waals surface area contributed by atoms with E-state index in [1.165, 1.54) is 5.17 Å². The van der Waals surface area contributed by atoms with Crippen LogP contribution in [0.2, 0.25) is 0 Å². The van der Waals surface area contributed by atoms with Crippen LogP contribution in [-0.2, 0) is 11.9 Å². The highest BCUT2D eigenvalue weighted by molar-refractivity contribution is 7.99. The summed E-state index contributed by atoms with van der Waals surface area (Å²) in [6.45, 7) is 1.93. The number of nitrogens with zero attached hydrogens (tertiary/aromatic N) is 6. The number of rotatable bonds is 5. The first-order valence-corrected chi connectivity index (χ1v) is 8.69. The molecule has 0 spiro atoms. The fourth-order valence-electron chi connectivity index (χ4n) is 2.39. The summed E-state index contributed by atoms with van der Waals surface area (Å²) in [6, 6.07) is 7.47. The van der Waals surface area contributed by atoms with Gasteiger partial charge in [-0.15, -0.1) is 15.4 Å². The van der Waals surface area contributed by atoms with Crippen molar-refractivity contribution in [3.8, 4) is 11.6 Å². The molecular weight excluding hydrogens is 340 g/mol. The van der Waals surface area contributed by atoms with Crippen LogP contribution in [0, 0.1) is 6.92 Å². The normalized spacial score (nSPS) is 16.7. The number of pyridine rings is 1. The van der Waals surface area contributed by atoms with E-state index in [1.54, 1.807) is 30.4 Å². The van der Waals surface area contributed by atoms with Gasteiger partial charge in [0.1, 0.15) is 6.10 Å². The number of hydrogen-bond acceptors (Lipinski definition) is 8. The lowest BCUT2D eigenvalue weighted by molar-refractivity contribution is 0.112. The van der Waals surface area contributed by atoms with E-state index in [0.717, 1.165) is 16.5 Å². The zero-order valence-electron chi connectivity index (χ0n) is 13.7. The van der Waals surface area contributed by atoms with E-state index in [0.29, 0.717) is 17.3 Å². The first-order chi connectivity index (χ1) is 12.2. The highest BCUT2D eigenvalue weighted by atomic mass is 32.2. The molecule has 0 N–H and O–H groups in total. The van der Waals surface area contributed by atoms with Crippen LogP contribution in [0.3, 0.4) is 0 Å². The van der Waals surface area contributed by atoms with Gasteiger partial charge in [-0.05, 0) is 31.2 Å². The van der Waals surface area contributed by atoms with Crippen molar-refractivity contribution in [3.05, 3.63) is 42.4 Å². The number of furan rings is 1. The molecule has 0 saturated heterocycles. The topological polar surface area (TPSA) is 81.6 Å². The van der Waals surface area contributed by atoms with Gasteiger partial charge in [0, 0.05) is 24.7 Å². The summed E-state index contributed by atoms with van der Waals surface area (Å²) in [7, 11) is 1.91. The molecule has 25 heavy (non-hydrogen) atoms. The van der Waals surface area contributed by atoms with Crippen molar-refractivity contribution in [2.24, 2.45) is 12.1 Å². The monoisotopic (exact) mass is 356 g/mol. The van der Waals surface area contributed by atoms with E-state index in [4.69, 9.17) is 9.25 Å². The molecule has 3 aromatic heterocycles. The van der Waals surface area contributed by atoms with Gasteiger partial charge in [0.05, 0.1) is 18.2 Å². The number of aryl methyl sites for hydroxylation is 1. The molecule has 1 aliphatic heterocycles. The number of thioether (sulfide) groups is 1. The Kier molecular flexibility index (Phi) is 4.24. The van der Waals surface area contributed by atoms with Gasteiger partial charge in [0.15, 0.2) is 16.7 Å². The molecule has 4 rings (SSSR count). The van der Waals surface area contributed by atoms with Gasteiger partial charge in [-0.25, -0.2) is 4.84 Å². The van der Waals surface area contributed by atoms with Crippen molar-refractivity contribution in [1.82, 2.24) is 19.7 Å². The fraction of sp³-hybridized carbons (Fsp3) is 0.250. The standard InChI is InChI=1S/C16H16N6O2S/c1-11-8-12(5-6-17-11)22-18-9-13(24-22)10-25-16-20-19-15(21(16)2)14-4-3-7-23-14/h3-9,13H,10H2,1-2H3. The van der Waals surface area contributed by atoms with E-state index in [2.05, 4.69) is 20.3 Å². The molecule has 128 valence electrons. The molecule has 1 unspecified atom stereocenters. The summed E-state index contributed by atoms with van der Waals surface area (Å²) >= 11 is 1.56. The molecule has 0 aliphatic carbocycles. The van der Waals surface area contributed by atoms with Crippen LogP contribution < -0.4 is 5.17 Å². The van der Waals surface area contributed by atoms with Crippen LogP contribution in [0.15, 0.2) is 51.4 Å². The van der Waals surface area contributed by atoms with Crippen molar-refractivity contribution in [2.75, 3.05) is 10.9 Å². The Hall–Kier alpha value is -2.65. The van der Waals surface area contributed by atoms with Crippen molar-refractivity contribution in [2.45, 2.75) is 18.2 Å². The molecule has 9 heteroatoms. The van der Waals surface area contributed by atoms with Crippen molar-refractivity contribution >= 4 is 23.7 Å². The van der Waals surface area contributed by atoms with Crippen LogP contribution in [0.4, 0.5) is 5.69 Å². The zero-order chi connectivity index (χ0) is 17.2. The molecule has 0 saturated carbocycles. The third-order valence-corrected chi connectivity index (χ3v) is 4.74. The largest absolute Gasteiger partial charge is 0.461 e. The molecule has 0 aromatic carbocycles. The minimum atomic E-state index is -0.137. The summed E-state index contributed by atoms with van der Waals surface area (Å²) in [5, 5.41) is 15.0. The number of hydrazone groups is 1. The van der Waals surface area contributed by atoms with E-state index in [9.17, 15) is 0 Å². The maximum absolute atomic E-state index is 5.83. The molecular formula is C16H16N6O2S. The fourth-order valence-corrected chi connectivity index (χ4v) is 3.22. The SMILES string of the molecule is Cc1cc(N2N=CC(CSc3nnc(-c4ccco4)n3C)O2)ccn1. The minimum Gasteiger partial charge on any atom is -0.461 e. The predicted molar refractivity (Wildman–Crippen MR) is 94.2 cm³/mol. The van der Waals surface area contributed by atoms with Gasteiger partial charge in [0.25, 0.3) is 0 Å². The molecule has 1 atom stereocenters. The Bertz CT molecular complexity index is 892. The third-order valence-electron chi connectivity index (χ3n) is 3.63. The highest BCUT2D eigenvalue weighted by Gasteiger charge is 2.22. The quantitative estimate of drug-likeness (QED) is 0.650. The van der Waals surface area contributed by atoms with Gasteiger partial charge in [-0.2, -0.15) is 5.10 Å². The van der Waals surface area contributed by atoms with Gasteiger partial charge < -0.3 is 8.98 Å². The van der Waals surface area contributed by atoms with Crippen LogP contribution in [0.25, 0.3) is 11.6 Å². The maximum Gasteiger partial charge on any atom is 0.200 e. The Balaban J connectivity index is 1.38. The summed E-state index contributed by atoms with van der Waals surface area (Å²) in [5.74, 6) is 2.07. The van der Waals surface area contributed by atoms with Crippen molar-refractivity contribution < 1.29 is 9.25 Å². The molecule has 3 aromatic rings. The zero-order valence-corrected chi connectivity index (χ0v) is 14.6. The minimum absolute atomic E-state index is 0.137. The highest BCUT2D eigenvalue weighted by Crippen LogP contribution is 2.26. The van der Waals surface area contributed by atoms with Crippen molar-refractivity contribution in [3.63, 3.8) is 0 Å². The van der Waals surface area contributed by atoms with Crippen LogP contribution in [0.1, 0.15) is 5.69 Å². The molecule has 0 amide bonds. The molecule has 0 bridgehead atoms. The molecule has 0 fully saturated rings. The molecule has 4 heterocycles. The Morgan fingerprint density at radius 1 is 1.28 bits per heavy atom. The van der Waals surface area contributed by atoms with Crippen molar-refractivity contribution in [1.29, 1.82) is 0 Å². The summed E-state index contributed by atoms with van der Waals surface area (Å²) in [5.41, 5.74) is 1.77. The molecule has 0 radical (unpaired) electrons. The lowest BCUT2D eigenvalue weighted by atomic mass is 10.3. The number of aromatic nitrogens is 4. The average Bonchev–Trinajstić information content (AvgIpc) is 3.34. The second-order valence-corrected chi connectivity index (χ2v) is 6.48. The second kappa shape index (κ2) is 6.69. The van der Waals surface area contributed by atoms with Gasteiger partial charge in [0.2, 0.25) is 0 Å². The van der Waals surface area contributed by atoms with Crippen LogP contribution in [0.5, 0.6) is 0 Å². The maximum atomic E-state index is 5.83. The molecule has 1 aliphatic rings.